The second-order valence-electron chi connectivity index (χ2n) is 5.94. The van der Waals surface area contributed by atoms with E-state index in [1.807, 2.05) is 0 Å². The Kier molecular flexibility index (Phi) is 4.43. The van der Waals surface area contributed by atoms with E-state index in [1.54, 1.807) is 0 Å². The Balaban J connectivity index is 0.00000128. The molecule has 86 valence electrons. The average Bonchev–Trinajstić information content (AvgIpc) is 2.14. The molecule has 1 saturated carbocycles. The van der Waals surface area contributed by atoms with Crippen molar-refractivity contribution >= 4 is 0 Å². The minimum absolute atomic E-state index is 0. The maximum Gasteiger partial charge on any atom is 1.00 e. The zero-order chi connectivity index (χ0) is 11.1. The van der Waals surface area contributed by atoms with Gasteiger partial charge in [-0.05, 0) is 29.7 Å². The van der Waals surface area contributed by atoms with E-state index in [2.05, 4.69) is 20.8 Å². The van der Waals surface area contributed by atoms with Gasteiger partial charge in [-0.25, -0.2) is 0 Å². The van der Waals surface area contributed by atoms with Crippen molar-refractivity contribution in [2.24, 2.45) is 11.3 Å². The van der Waals surface area contributed by atoms with Gasteiger partial charge in [-0.3, -0.25) is 0 Å². The first-order chi connectivity index (χ1) is 7.00. The summed E-state index contributed by atoms with van der Waals surface area (Å²) in [6.45, 7) is 6.44. The molecule has 2 aliphatic rings. The number of rotatable bonds is 1. The first-order valence-corrected chi connectivity index (χ1v) is 6.08. The van der Waals surface area contributed by atoms with Crippen molar-refractivity contribution in [2.45, 2.75) is 59.0 Å². The Morgan fingerprint density at radius 3 is 2.12 bits per heavy atom. The van der Waals surface area contributed by atoms with Gasteiger partial charge < -0.3 is 9.84 Å². The van der Waals surface area contributed by atoms with Gasteiger partial charge in [-0.2, -0.15) is 0 Å². The zero-order valence-electron chi connectivity index (χ0n) is 11.0. The van der Waals surface area contributed by atoms with E-state index in [0.29, 0.717) is 5.92 Å². The SMILES string of the molecule is CC(C)(C)C1OC([O-])=C1C1CCCCC1.[Li+]. The molecule has 0 N–H and O–H groups in total. The molecular formula is C13H21LiO2. The first-order valence-electron chi connectivity index (χ1n) is 6.08. The predicted molar refractivity (Wildman–Crippen MR) is 57.9 cm³/mol. The van der Waals surface area contributed by atoms with Gasteiger partial charge in [0.15, 0.2) is 0 Å². The smallest absolute Gasteiger partial charge is 0.605 e. The molecule has 0 aromatic rings. The normalized spacial score (nSPS) is 26.8. The van der Waals surface area contributed by atoms with Crippen LogP contribution >= 0.6 is 0 Å². The Labute approximate surface area is 111 Å². The maximum absolute atomic E-state index is 11.5. The zero-order valence-corrected chi connectivity index (χ0v) is 11.0. The molecule has 16 heavy (non-hydrogen) atoms. The number of ether oxygens (including phenoxy) is 1. The summed E-state index contributed by atoms with van der Waals surface area (Å²) in [6.07, 6.45) is 6.34. The molecule has 1 fully saturated rings. The Hall–Kier alpha value is -0.0626. The van der Waals surface area contributed by atoms with Gasteiger partial charge in [-0.15, -0.1) is 0 Å². The van der Waals surface area contributed by atoms with E-state index in [9.17, 15) is 5.11 Å². The third-order valence-electron chi connectivity index (χ3n) is 3.57. The third-order valence-corrected chi connectivity index (χ3v) is 3.57. The topological polar surface area (TPSA) is 32.3 Å². The van der Waals surface area contributed by atoms with Crippen LogP contribution in [0.3, 0.4) is 0 Å². The van der Waals surface area contributed by atoms with Gasteiger partial charge >= 0.3 is 18.9 Å². The van der Waals surface area contributed by atoms with Crippen LogP contribution in [0.5, 0.6) is 0 Å². The molecule has 0 saturated heterocycles. The summed E-state index contributed by atoms with van der Waals surface area (Å²) in [5, 5.41) is 11.5. The second kappa shape index (κ2) is 5.06. The van der Waals surface area contributed by atoms with Crippen LogP contribution in [0, 0.1) is 11.3 Å². The quantitative estimate of drug-likeness (QED) is 0.558. The van der Waals surface area contributed by atoms with Crippen molar-refractivity contribution in [3.63, 3.8) is 0 Å². The van der Waals surface area contributed by atoms with E-state index >= 15 is 0 Å². The van der Waals surface area contributed by atoms with Crippen LogP contribution in [0.15, 0.2) is 11.5 Å². The Bertz CT molecular complexity index is 272. The fourth-order valence-corrected chi connectivity index (χ4v) is 2.73. The maximum atomic E-state index is 11.5. The van der Waals surface area contributed by atoms with Crippen LogP contribution in [-0.2, 0) is 4.74 Å². The summed E-state index contributed by atoms with van der Waals surface area (Å²) < 4.78 is 5.29. The van der Waals surface area contributed by atoms with Crippen LogP contribution in [0.2, 0.25) is 0 Å². The monoisotopic (exact) mass is 216 g/mol. The first kappa shape index (κ1) is 14.0. The third kappa shape index (κ3) is 2.60. The van der Waals surface area contributed by atoms with Gasteiger partial charge in [0, 0.05) is 6.10 Å². The fourth-order valence-electron chi connectivity index (χ4n) is 2.73. The van der Waals surface area contributed by atoms with E-state index in [4.69, 9.17) is 4.74 Å². The molecule has 1 unspecified atom stereocenters. The van der Waals surface area contributed by atoms with E-state index in [-0.39, 0.29) is 36.3 Å². The molecule has 0 aromatic carbocycles. The van der Waals surface area contributed by atoms with Gasteiger partial charge in [-0.1, -0.05) is 40.0 Å². The minimum atomic E-state index is -0.0261. The van der Waals surface area contributed by atoms with E-state index in [0.717, 1.165) is 5.57 Å². The molecule has 1 aliphatic heterocycles. The minimum Gasteiger partial charge on any atom is -0.605 e. The van der Waals surface area contributed by atoms with Crippen LogP contribution < -0.4 is 24.0 Å². The van der Waals surface area contributed by atoms with Crippen molar-refractivity contribution in [2.75, 3.05) is 0 Å². The van der Waals surface area contributed by atoms with Crippen molar-refractivity contribution < 1.29 is 28.7 Å². The molecule has 0 amide bonds. The molecule has 2 nitrogen and oxygen atoms in total. The van der Waals surface area contributed by atoms with Crippen molar-refractivity contribution in [1.82, 2.24) is 0 Å². The van der Waals surface area contributed by atoms with E-state index < -0.39 is 0 Å². The molecule has 0 spiro atoms. The predicted octanol–water partition coefficient (Wildman–Crippen LogP) is -0.412. The van der Waals surface area contributed by atoms with Gasteiger partial charge in [0.1, 0.15) is 0 Å². The summed E-state index contributed by atoms with van der Waals surface area (Å²) in [5.41, 5.74) is 1.16. The van der Waals surface area contributed by atoms with Crippen molar-refractivity contribution in [3.05, 3.63) is 11.5 Å². The largest absolute Gasteiger partial charge is 1.00 e. The van der Waals surface area contributed by atoms with Gasteiger partial charge in [0.05, 0.1) is 5.95 Å². The van der Waals surface area contributed by atoms with Crippen molar-refractivity contribution in [1.29, 1.82) is 0 Å². The molecule has 1 aliphatic carbocycles. The van der Waals surface area contributed by atoms with Crippen LogP contribution in [0.25, 0.3) is 0 Å². The Morgan fingerprint density at radius 2 is 1.69 bits per heavy atom. The van der Waals surface area contributed by atoms with Crippen LogP contribution in [-0.4, -0.2) is 6.10 Å². The van der Waals surface area contributed by atoms with E-state index in [1.165, 1.54) is 32.1 Å². The second-order valence-corrected chi connectivity index (χ2v) is 5.94. The Morgan fingerprint density at radius 1 is 1.12 bits per heavy atom. The molecule has 3 heteroatoms. The molecule has 1 atom stereocenters. The fraction of sp³-hybridized carbons (Fsp3) is 0.846. The van der Waals surface area contributed by atoms with Gasteiger partial charge in [0.2, 0.25) is 0 Å². The summed E-state index contributed by atoms with van der Waals surface area (Å²) in [5.74, 6) is 0.492. The molecular weight excluding hydrogens is 195 g/mol. The molecule has 2 rings (SSSR count). The summed E-state index contributed by atoms with van der Waals surface area (Å²) in [4.78, 5) is 0. The van der Waals surface area contributed by atoms with Crippen molar-refractivity contribution in [3.8, 4) is 0 Å². The summed E-state index contributed by atoms with van der Waals surface area (Å²) >= 11 is 0. The number of hydrogen-bond donors (Lipinski definition) is 0. The molecule has 0 bridgehead atoms. The molecule has 0 aromatic heterocycles. The molecule has 0 radical (unpaired) electrons. The number of hydrogen-bond acceptors (Lipinski definition) is 2. The summed E-state index contributed by atoms with van der Waals surface area (Å²) in [6, 6.07) is 0. The van der Waals surface area contributed by atoms with Gasteiger partial charge in [0.25, 0.3) is 0 Å². The van der Waals surface area contributed by atoms with Crippen LogP contribution in [0.4, 0.5) is 0 Å². The molecule has 1 heterocycles. The average molecular weight is 216 g/mol. The standard InChI is InChI=1S/C13H22O2.Li/c1-13(2,3)11-10(12(14)15-11)9-7-5-4-6-8-9;/h9,11,14H,4-8H2,1-3H3;/q;+1/p-1. The summed E-state index contributed by atoms with van der Waals surface area (Å²) in [7, 11) is 0. The van der Waals surface area contributed by atoms with Crippen LogP contribution in [0.1, 0.15) is 52.9 Å².